The highest BCUT2D eigenvalue weighted by Gasteiger charge is 2.27. The van der Waals surface area contributed by atoms with Crippen LogP contribution in [0.25, 0.3) is 11.2 Å². The Balaban J connectivity index is 1.95. The lowest BCUT2D eigenvalue weighted by Gasteiger charge is -2.10. The van der Waals surface area contributed by atoms with Crippen LogP contribution in [-0.2, 0) is 9.47 Å². The second-order valence-corrected chi connectivity index (χ2v) is 3.42. The molecule has 7 nitrogen and oxygen atoms in total. The van der Waals surface area contributed by atoms with Crippen molar-refractivity contribution in [2.75, 3.05) is 13.2 Å². The lowest BCUT2D eigenvalue weighted by molar-refractivity contribution is -0.0980. The number of imidazole rings is 1. The fourth-order valence-electron chi connectivity index (χ4n) is 1.68. The Morgan fingerprint density at radius 2 is 2.44 bits per heavy atom. The molecule has 0 radical (unpaired) electrons. The molecule has 1 N–H and O–H groups in total. The monoisotopic (exact) mass is 222 g/mol. The molecule has 1 aliphatic heterocycles. The first-order valence-corrected chi connectivity index (χ1v) is 4.89. The SMILES string of the molecule is OCC1OCC(n2cnc3cncnc32)O1. The molecule has 0 spiro atoms. The summed E-state index contributed by atoms with van der Waals surface area (Å²) in [7, 11) is 0. The Labute approximate surface area is 90.7 Å². The fourth-order valence-corrected chi connectivity index (χ4v) is 1.68. The van der Waals surface area contributed by atoms with Crippen molar-refractivity contribution in [1.82, 2.24) is 19.5 Å². The molecule has 1 saturated heterocycles. The second-order valence-electron chi connectivity index (χ2n) is 3.42. The number of nitrogens with zero attached hydrogens (tertiary/aromatic N) is 4. The summed E-state index contributed by atoms with van der Waals surface area (Å²) in [6.45, 7) is 0.221. The summed E-state index contributed by atoms with van der Waals surface area (Å²) >= 11 is 0. The number of hydrogen-bond donors (Lipinski definition) is 1. The van der Waals surface area contributed by atoms with Crippen molar-refractivity contribution >= 4 is 11.2 Å². The van der Waals surface area contributed by atoms with Crippen LogP contribution in [0.3, 0.4) is 0 Å². The normalized spacial score (nSPS) is 25.3. The molecule has 7 heteroatoms. The number of hydrogen-bond acceptors (Lipinski definition) is 6. The van der Waals surface area contributed by atoms with Gasteiger partial charge in [0.25, 0.3) is 0 Å². The molecule has 2 aromatic rings. The Kier molecular flexibility index (Phi) is 2.28. The maximum absolute atomic E-state index is 8.89. The molecule has 2 unspecified atom stereocenters. The summed E-state index contributed by atoms with van der Waals surface area (Å²) in [6.07, 6.45) is 3.87. The number of aliphatic hydroxyl groups excluding tert-OH is 1. The Morgan fingerprint density at radius 3 is 3.25 bits per heavy atom. The zero-order valence-corrected chi connectivity index (χ0v) is 8.35. The molecule has 0 saturated carbocycles. The summed E-state index contributed by atoms with van der Waals surface area (Å²) in [4.78, 5) is 12.2. The second kappa shape index (κ2) is 3.78. The van der Waals surface area contributed by atoms with E-state index < -0.39 is 6.29 Å². The van der Waals surface area contributed by atoms with Crippen LogP contribution in [0.2, 0.25) is 0 Å². The molecule has 1 aliphatic rings. The first-order chi connectivity index (χ1) is 7.88. The number of aromatic nitrogens is 4. The van der Waals surface area contributed by atoms with Crippen LogP contribution in [0, 0.1) is 0 Å². The van der Waals surface area contributed by atoms with Crippen molar-refractivity contribution in [2.24, 2.45) is 0 Å². The van der Waals surface area contributed by atoms with Gasteiger partial charge in [0.2, 0.25) is 0 Å². The van der Waals surface area contributed by atoms with Gasteiger partial charge in [-0.2, -0.15) is 0 Å². The number of ether oxygens (including phenoxy) is 2. The highest BCUT2D eigenvalue weighted by Crippen LogP contribution is 2.23. The smallest absolute Gasteiger partial charge is 0.183 e. The molecule has 1 fully saturated rings. The van der Waals surface area contributed by atoms with E-state index in [4.69, 9.17) is 14.6 Å². The predicted molar refractivity (Wildman–Crippen MR) is 52.3 cm³/mol. The molecule has 0 aromatic carbocycles. The molecule has 16 heavy (non-hydrogen) atoms. The van der Waals surface area contributed by atoms with Gasteiger partial charge in [0, 0.05) is 0 Å². The number of fused-ring (bicyclic) bond motifs is 1. The van der Waals surface area contributed by atoms with Gasteiger partial charge in [-0.15, -0.1) is 0 Å². The summed E-state index contributed by atoms with van der Waals surface area (Å²) in [5.41, 5.74) is 1.40. The summed E-state index contributed by atoms with van der Waals surface area (Å²) in [5.74, 6) is 0. The average Bonchev–Trinajstić information content (AvgIpc) is 2.94. The van der Waals surface area contributed by atoms with Crippen molar-refractivity contribution in [2.45, 2.75) is 12.5 Å². The minimum absolute atomic E-state index is 0.155. The zero-order valence-electron chi connectivity index (χ0n) is 8.35. The molecule has 2 atom stereocenters. The molecule has 0 aliphatic carbocycles. The first-order valence-electron chi connectivity index (χ1n) is 4.89. The van der Waals surface area contributed by atoms with E-state index in [1.807, 2.05) is 0 Å². The van der Waals surface area contributed by atoms with E-state index in [-0.39, 0.29) is 12.8 Å². The largest absolute Gasteiger partial charge is 0.391 e. The maximum atomic E-state index is 8.89. The molecule has 3 rings (SSSR count). The van der Waals surface area contributed by atoms with E-state index in [2.05, 4.69) is 15.0 Å². The third kappa shape index (κ3) is 1.45. The molecular formula is C9H10N4O3. The third-order valence-electron chi connectivity index (χ3n) is 2.43. The van der Waals surface area contributed by atoms with Gasteiger partial charge in [-0.25, -0.2) is 15.0 Å². The predicted octanol–water partition coefficient (Wildman–Crippen LogP) is -0.310. The summed E-state index contributed by atoms with van der Waals surface area (Å²) in [5, 5.41) is 8.89. The van der Waals surface area contributed by atoms with Crippen LogP contribution < -0.4 is 0 Å². The van der Waals surface area contributed by atoms with Gasteiger partial charge in [0.05, 0.1) is 25.7 Å². The van der Waals surface area contributed by atoms with E-state index in [0.717, 1.165) is 0 Å². The van der Waals surface area contributed by atoms with Crippen LogP contribution in [0.1, 0.15) is 6.23 Å². The summed E-state index contributed by atoms with van der Waals surface area (Å²) < 4.78 is 12.4. The van der Waals surface area contributed by atoms with Gasteiger partial charge >= 0.3 is 0 Å². The van der Waals surface area contributed by atoms with Gasteiger partial charge in [-0.1, -0.05) is 0 Å². The standard InChI is InChI=1S/C9H10N4O3/c14-2-8-15-3-7(16-8)13-5-12-6-1-10-4-11-9(6)13/h1,4-5,7-8,14H,2-3H2. The Hall–Kier alpha value is -1.57. The van der Waals surface area contributed by atoms with Crippen LogP contribution in [-0.4, -0.2) is 44.1 Å². The molecule has 84 valence electrons. The van der Waals surface area contributed by atoms with Crippen molar-refractivity contribution in [3.8, 4) is 0 Å². The molecule has 0 bridgehead atoms. The van der Waals surface area contributed by atoms with Gasteiger partial charge in [-0.3, -0.25) is 4.57 Å². The highest BCUT2D eigenvalue weighted by molar-refractivity contribution is 5.68. The average molecular weight is 222 g/mol. The lowest BCUT2D eigenvalue weighted by atomic mass is 10.5. The van der Waals surface area contributed by atoms with Crippen LogP contribution in [0.5, 0.6) is 0 Å². The van der Waals surface area contributed by atoms with Crippen molar-refractivity contribution in [3.05, 3.63) is 18.9 Å². The highest BCUT2D eigenvalue weighted by atomic mass is 16.7. The number of aliphatic hydroxyl groups is 1. The third-order valence-corrected chi connectivity index (χ3v) is 2.43. The topological polar surface area (TPSA) is 82.3 Å². The molecule has 3 heterocycles. The minimum Gasteiger partial charge on any atom is -0.391 e. The van der Waals surface area contributed by atoms with Gasteiger partial charge in [0.1, 0.15) is 11.8 Å². The lowest BCUT2D eigenvalue weighted by Crippen LogP contribution is -2.15. The van der Waals surface area contributed by atoms with E-state index in [1.54, 1.807) is 17.1 Å². The van der Waals surface area contributed by atoms with Gasteiger partial charge < -0.3 is 14.6 Å². The maximum Gasteiger partial charge on any atom is 0.183 e. The van der Waals surface area contributed by atoms with Crippen LogP contribution in [0.4, 0.5) is 0 Å². The molecule has 2 aromatic heterocycles. The van der Waals surface area contributed by atoms with Crippen molar-refractivity contribution in [3.63, 3.8) is 0 Å². The van der Waals surface area contributed by atoms with Crippen molar-refractivity contribution in [1.29, 1.82) is 0 Å². The summed E-state index contributed by atoms with van der Waals surface area (Å²) in [6, 6.07) is 0. The van der Waals surface area contributed by atoms with E-state index in [0.29, 0.717) is 17.8 Å². The van der Waals surface area contributed by atoms with E-state index in [1.165, 1.54) is 6.33 Å². The van der Waals surface area contributed by atoms with Crippen molar-refractivity contribution < 1.29 is 14.6 Å². The van der Waals surface area contributed by atoms with E-state index >= 15 is 0 Å². The first kappa shape index (κ1) is 9.64. The number of rotatable bonds is 2. The van der Waals surface area contributed by atoms with E-state index in [9.17, 15) is 0 Å². The van der Waals surface area contributed by atoms with Crippen LogP contribution >= 0.6 is 0 Å². The molecular weight excluding hydrogens is 212 g/mol. The fraction of sp³-hybridized carbons (Fsp3) is 0.444. The molecule has 0 amide bonds. The Morgan fingerprint density at radius 1 is 1.50 bits per heavy atom. The Bertz CT molecular complexity index is 500. The zero-order chi connectivity index (χ0) is 11.0. The minimum atomic E-state index is -0.565. The van der Waals surface area contributed by atoms with Gasteiger partial charge in [-0.05, 0) is 0 Å². The quantitative estimate of drug-likeness (QED) is 0.750. The van der Waals surface area contributed by atoms with Gasteiger partial charge in [0.15, 0.2) is 18.2 Å². The van der Waals surface area contributed by atoms with Crippen LogP contribution in [0.15, 0.2) is 18.9 Å².